The van der Waals surface area contributed by atoms with Crippen molar-refractivity contribution in [3.05, 3.63) is 23.8 Å². The number of nitrogens with zero attached hydrogens (tertiary/aromatic N) is 2. The molecule has 1 aromatic carbocycles. The van der Waals surface area contributed by atoms with Gasteiger partial charge in [-0.25, -0.2) is 4.79 Å². The van der Waals surface area contributed by atoms with Crippen LogP contribution in [0.1, 0.15) is 39.2 Å². The van der Waals surface area contributed by atoms with Gasteiger partial charge in [0.25, 0.3) is 0 Å². The predicted molar refractivity (Wildman–Crippen MR) is 82.6 cm³/mol. The summed E-state index contributed by atoms with van der Waals surface area (Å²) in [7, 11) is 0. The molecule has 0 aliphatic heterocycles. The summed E-state index contributed by atoms with van der Waals surface area (Å²) in [6, 6.07) is 7.04. The first-order valence-corrected chi connectivity index (χ1v) is 7.16. The predicted octanol–water partition coefficient (Wildman–Crippen LogP) is 2.83. The molecule has 6 heteroatoms. The van der Waals surface area contributed by atoms with Crippen molar-refractivity contribution in [2.24, 2.45) is 0 Å². The Bertz CT molecular complexity index is 625. The van der Waals surface area contributed by atoms with Crippen molar-refractivity contribution in [2.45, 2.75) is 44.7 Å². The average Bonchev–Trinajstić information content (AvgIpc) is 3.15. The Balaban J connectivity index is 2.20. The number of ether oxygens (including phenoxy) is 1. The number of benzene rings is 1. The van der Waals surface area contributed by atoms with E-state index in [2.05, 4.69) is 0 Å². The number of nitriles is 1. The van der Waals surface area contributed by atoms with Crippen molar-refractivity contribution in [3.8, 4) is 11.8 Å². The lowest BCUT2D eigenvalue weighted by molar-refractivity contribution is 0.0399. The van der Waals surface area contributed by atoms with Crippen molar-refractivity contribution < 1.29 is 14.6 Å². The Morgan fingerprint density at radius 1 is 1.50 bits per heavy atom. The maximum Gasteiger partial charge on any atom is 0.408 e. The molecule has 1 aliphatic rings. The summed E-state index contributed by atoms with van der Waals surface area (Å²) in [5, 5.41) is 18.7. The van der Waals surface area contributed by atoms with Gasteiger partial charge < -0.3 is 15.6 Å². The van der Waals surface area contributed by atoms with Gasteiger partial charge >= 0.3 is 6.09 Å². The minimum absolute atomic E-state index is 0.217. The van der Waals surface area contributed by atoms with Gasteiger partial charge in [0.1, 0.15) is 24.0 Å². The van der Waals surface area contributed by atoms with Gasteiger partial charge in [0.15, 0.2) is 0 Å². The second kappa shape index (κ2) is 5.41. The van der Waals surface area contributed by atoms with Crippen LogP contribution >= 0.6 is 0 Å². The molecule has 0 bridgehead atoms. The summed E-state index contributed by atoms with van der Waals surface area (Å²) < 4.78 is 5.75. The van der Waals surface area contributed by atoms with Crippen LogP contribution in [-0.2, 0) is 0 Å². The lowest BCUT2D eigenvalue weighted by Crippen LogP contribution is -2.55. The Morgan fingerprint density at radius 3 is 2.59 bits per heavy atom. The zero-order valence-electron chi connectivity index (χ0n) is 13.1. The van der Waals surface area contributed by atoms with Crippen LogP contribution in [0.3, 0.4) is 0 Å². The molecule has 0 saturated heterocycles. The Labute approximate surface area is 130 Å². The van der Waals surface area contributed by atoms with Gasteiger partial charge in [-0.05, 0) is 45.7 Å². The molecule has 0 atom stereocenters. The van der Waals surface area contributed by atoms with Crippen LogP contribution in [0.2, 0.25) is 0 Å². The zero-order chi connectivity index (χ0) is 16.5. The monoisotopic (exact) mass is 303 g/mol. The Hall–Kier alpha value is -2.42. The molecule has 1 saturated carbocycles. The number of carbonyl (C=O) groups is 1. The van der Waals surface area contributed by atoms with Crippen molar-refractivity contribution in [1.82, 2.24) is 4.90 Å². The minimum Gasteiger partial charge on any atom is -0.490 e. The van der Waals surface area contributed by atoms with Gasteiger partial charge in [-0.2, -0.15) is 5.26 Å². The van der Waals surface area contributed by atoms with Crippen molar-refractivity contribution >= 4 is 11.8 Å². The maximum absolute atomic E-state index is 11.6. The second-order valence-electron chi connectivity index (χ2n) is 6.63. The fourth-order valence-electron chi connectivity index (χ4n) is 2.78. The average molecular weight is 303 g/mol. The van der Waals surface area contributed by atoms with Crippen LogP contribution in [0.15, 0.2) is 18.2 Å². The molecule has 6 nitrogen and oxygen atoms in total. The molecule has 1 aromatic rings. The lowest BCUT2D eigenvalue weighted by Gasteiger charge is -2.40. The number of anilines is 1. The first kappa shape index (κ1) is 16.0. The summed E-state index contributed by atoms with van der Waals surface area (Å²) in [5.41, 5.74) is 5.36. The quantitative estimate of drug-likeness (QED) is 0.833. The van der Waals surface area contributed by atoms with E-state index in [1.807, 2.05) is 26.8 Å². The van der Waals surface area contributed by atoms with E-state index in [-0.39, 0.29) is 12.2 Å². The van der Waals surface area contributed by atoms with Crippen LogP contribution < -0.4 is 10.5 Å². The maximum atomic E-state index is 11.6. The molecular weight excluding hydrogens is 282 g/mol. The molecule has 0 unspecified atom stereocenters. The minimum atomic E-state index is -0.957. The Kier molecular flexibility index (Phi) is 3.92. The standard InChI is InChI=1S/C16H21N3O3/c1-15(2,3)19(14(20)21)16(7-8-16)10-22-13-6-4-5-12(18)11(13)9-17/h4-6H,7-8,10,18H2,1-3H3,(H,20,21). The summed E-state index contributed by atoms with van der Waals surface area (Å²) in [6.45, 7) is 5.81. The summed E-state index contributed by atoms with van der Waals surface area (Å²) in [5.74, 6) is 0.396. The topological polar surface area (TPSA) is 99.6 Å². The highest BCUT2D eigenvalue weighted by Crippen LogP contribution is 2.45. The number of carboxylic acid groups (broad SMARTS) is 1. The smallest absolute Gasteiger partial charge is 0.408 e. The Morgan fingerprint density at radius 2 is 2.14 bits per heavy atom. The first-order valence-electron chi connectivity index (χ1n) is 7.16. The molecule has 118 valence electrons. The molecule has 0 radical (unpaired) electrons. The number of nitrogen functional groups attached to an aromatic ring is 1. The van der Waals surface area contributed by atoms with E-state index in [1.54, 1.807) is 18.2 Å². The summed E-state index contributed by atoms with van der Waals surface area (Å²) in [6.07, 6.45) is 0.545. The molecule has 3 N–H and O–H groups in total. The normalized spacial score (nSPS) is 15.7. The van der Waals surface area contributed by atoms with Crippen LogP contribution in [-0.4, -0.2) is 33.8 Å². The molecule has 1 amide bonds. The van der Waals surface area contributed by atoms with Gasteiger partial charge in [0, 0.05) is 5.54 Å². The van der Waals surface area contributed by atoms with Crippen LogP contribution in [0.25, 0.3) is 0 Å². The molecule has 2 rings (SSSR count). The van der Waals surface area contributed by atoms with E-state index in [4.69, 9.17) is 15.7 Å². The third-order valence-corrected chi connectivity index (χ3v) is 3.83. The fraction of sp³-hybridized carbons (Fsp3) is 0.500. The highest BCUT2D eigenvalue weighted by molar-refractivity contribution is 5.68. The largest absolute Gasteiger partial charge is 0.490 e. The van der Waals surface area contributed by atoms with E-state index in [0.717, 1.165) is 12.8 Å². The molecule has 0 heterocycles. The highest BCUT2D eigenvalue weighted by Gasteiger charge is 2.55. The molecule has 0 spiro atoms. The van der Waals surface area contributed by atoms with Crippen molar-refractivity contribution in [1.29, 1.82) is 5.26 Å². The summed E-state index contributed by atoms with van der Waals surface area (Å²) >= 11 is 0. The van der Waals surface area contributed by atoms with Gasteiger partial charge in [-0.15, -0.1) is 0 Å². The number of amides is 1. The van der Waals surface area contributed by atoms with Crippen LogP contribution in [0.5, 0.6) is 5.75 Å². The summed E-state index contributed by atoms with van der Waals surface area (Å²) in [4.78, 5) is 13.1. The molecule has 0 aromatic heterocycles. The number of hydrogen-bond donors (Lipinski definition) is 2. The third kappa shape index (κ3) is 2.93. The molecule has 22 heavy (non-hydrogen) atoms. The van der Waals surface area contributed by atoms with Gasteiger partial charge in [-0.3, -0.25) is 4.90 Å². The molecule has 1 aliphatic carbocycles. The van der Waals surface area contributed by atoms with Crippen LogP contribution in [0.4, 0.5) is 10.5 Å². The van der Waals surface area contributed by atoms with E-state index < -0.39 is 17.2 Å². The zero-order valence-corrected chi connectivity index (χ0v) is 13.1. The fourth-order valence-corrected chi connectivity index (χ4v) is 2.78. The van der Waals surface area contributed by atoms with E-state index >= 15 is 0 Å². The lowest BCUT2D eigenvalue weighted by atomic mass is 10.0. The van der Waals surface area contributed by atoms with Gasteiger partial charge in [0.2, 0.25) is 0 Å². The number of nitrogens with two attached hydrogens (primary N) is 1. The van der Waals surface area contributed by atoms with Crippen molar-refractivity contribution in [2.75, 3.05) is 12.3 Å². The second-order valence-corrected chi connectivity index (χ2v) is 6.63. The molecular formula is C16H21N3O3. The van der Waals surface area contributed by atoms with Crippen LogP contribution in [0, 0.1) is 11.3 Å². The van der Waals surface area contributed by atoms with E-state index in [9.17, 15) is 9.90 Å². The first-order chi connectivity index (χ1) is 10.2. The van der Waals surface area contributed by atoms with Gasteiger partial charge in [-0.1, -0.05) is 6.07 Å². The van der Waals surface area contributed by atoms with E-state index in [0.29, 0.717) is 11.4 Å². The molecule has 1 fully saturated rings. The van der Waals surface area contributed by atoms with E-state index in [1.165, 1.54) is 4.90 Å². The van der Waals surface area contributed by atoms with Crippen molar-refractivity contribution in [3.63, 3.8) is 0 Å². The SMILES string of the molecule is CC(C)(C)N(C(=O)O)C1(COc2cccc(N)c2C#N)CC1. The number of hydrogen-bond acceptors (Lipinski definition) is 4. The third-order valence-electron chi connectivity index (χ3n) is 3.83. The van der Waals surface area contributed by atoms with Gasteiger partial charge in [0.05, 0.1) is 11.2 Å². The number of rotatable bonds is 4. The highest BCUT2D eigenvalue weighted by atomic mass is 16.5.